The summed E-state index contributed by atoms with van der Waals surface area (Å²) in [6.07, 6.45) is 0. The number of hydrogen-bond donors (Lipinski definition) is 2. The minimum atomic E-state index is -0.228. The van der Waals surface area contributed by atoms with Gasteiger partial charge in [0.1, 0.15) is 5.75 Å². The van der Waals surface area contributed by atoms with Crippen LogP contribution in [-0.4, -0.2) is 12.5 Å². The zero-order chi connectivity index (χ0) is 15.4. The van der Waals surface area contributed by atoms with Crippen molar-refractivity contribution >= 4 is 17.3 Å². The predicted molar refractivity (Wildman–Crippen MR) is 85.6 cm³/mol. The largest absolute Gasteiger partial charge is 0.484 e. The summed E-state index contributed by atoms with van der Waals surface area (Å²) in [5.41, 5.74) is 10.3. The molecule has 0 atom stereocenters. The third kappa shape index (κ3) is 3.99. The van der Waals surface area contributed by atoms with Crippen molar-refractivity contribution in [3.05, 3.63) is 53.1 Å². The zero-order valence-electron chi connectivity index (χ0n) is 12.6. The van der Waals surface area contributed by atoms with Crippen molar-refractivity contribution in [2.24, 2.45) is 0 Å². The van der Waals surface area contributed by atoms with Gasteiger partial charge in [0, 0.05) is 0 Å². The molecule has 2 rings (SSSR count). The summed E-state index contributed by atoms with van der Waals surface area (Å²) in [6.45, 7) is 5.84. The molecule has 0 spiro atoms. The molecule has 4 heteroatoms. The maximum Gasteiger partial charge on any atom is 0.262 e. The Morgan fingerprint density at radius 1 is 1.10 bits per heavy atom. The van der Waals surface area contributed by atoms with Crippen molar-refractivity contribution in [3.63, 3.8) is 0 Å². The van der Waals surface area contributed by atoms with Crippen LogP contribution >= 0.6 is 0 Å². The van der Waals surface area contributed by atoms with E-state index in [1.165, 1.54) is 0 Å². The van der Waals surface area contributed by atoms with E-state index in [1.807, 2.05) is 57.2 Å². The number of nitrogens with two attached hydrogens (primary N) is 1. The Labute approximate surface area is 124 Å². The molecule has 0 saturated carbocycles. The van der Waals surface area contributed by atoms with E-state index in [-0.39, 0.29) is 12.5 Å². The van der Waals surface area contributed by atoms with Gasteiger partial charge in [0.15, 0.2) is 6.61 Å². The van der Waals surface area contributed by atoms with E-state index in [9.17, 15) is 4.79 Å². The number of aryl methyl sites for hydroxylation is 3. The highest BCUT2D eigenvalue weighted by atomic mass is 16.5. The topological polar surface area (TPSA) is 64.3 Å². The van der Waals surface area contributed by atoms with E-state index in [0.29, 0.717) is 17.1 Å². The molecule has 3 N–H and O–H groups in total. The molecule has 0 unspecified atom stereocenters. The van der Waals surface area contributed by atoms with Gasteiger partial charge in [0.2, 0.25) is 0 Å². The lowest BCUT2D eigenvalue weighted by molar-refractivity contribution is -0.118. The molecule has 2 aromatic rings. The molecule has 2 aromatic carbocycles. The first kappa shape index (κ1) is 14.9. The number of amides is 1. The number of nitrogens with one attached hydrogen (secondary N) is 1. The van der Waals surface area contributed by atoms with Crippen molar-refractivity contribution < 1.29 is 9.53 Å². The fourth-order valence-electron chi connectivity index (χ4n) is 2.13. The van der Waals surface area contributed by atoms with Crippen LogP contribution in [0.25, 0.3) is 0 Å². The minimum absolute atomic E-state index is 0.0458. The molecule has 0 radical (unpaired) electrons. The highest BCUT2D eigenvalue weighted by molar-refractivity contribution is 5.95. The normalized spacial score (nSPS) is 10.2. The highest BCUT2D eigenvalue weighted by Crippen LogP contribution is 2.24. The number of carbonyl (C=O) groups is 1. The maximum absolute atomic E-state index is 12.0. The SMILES string of the molecule is Cc1ccc(OCC(=O)Nc2c(C)cc(C)cc2N)cc1. The van der Waals surface area contributed by atoms with E-state index in [4.69, 9.17) is 10.5 Å². The number of rotatable bonds is 4. The van der Waals surface area contributed by atoms with Crippen molar-refractivity contribution in [3.8, 4) is 5.75 Å². The van der Waals surface area contributed by atoms with Crippen LogP contribution in [0.15, 0.2) is 36.4 Å². The second-order valence-corrected chi connectivity index (χ2v) is 5.20. The second kappa shape index (κ2) is 6.31. The van der Waals surface area contributed by atoms with Gasteiger partial charge in [0.05, 0.1) is 11.4 Å². The van der Waals surface area contributed by atoms with Gasteiger partial charge in [-0.2, -0.15) is 0 Å². The Morgan fingerprint density at radius 3 is 2.38 bits per heavy atom. The van der Waals surface area contributed by atoms with Crippen molar-refractivity contribution in [1.82, 2.24) is 0 Å². The van der Waals surface area contributed by atoms with Crippen molar-refractivity contribution in [2.45, 2.75) is 20.8 Å². The summed E-state index contributed by atoms with van der Waals surface area (Å²) in [5.74, 6) is 0.443. The third-order valence-electron chi connectivity index (χ3n) is 3.17. The molecule has 4 nitrogen and oxygen atoms in total. The summed E-state index contributed by atoms with van der Waals surface area (Å²) in [5, 5.41) is 2.80. The molecule has 110 valence electrons. The van der Waals surface area contributed by atoms with Gasteiger partial charge in [0.25, 0.3) is 5.91 Å². The van der Waals surface area contributed by atoms with E-state index in [0.717, 1.165) is 16.7 Å². The maximum atomic E-state index is 12.0. The van der Waals surface area contributed by atoms with Gasteiger partial charge in [-0.3, -0.25) is 4.79 Å². The van der Waals surface area contributed by atoms with Crippen LogP contribution in [-0.2, 0) is 4.79 Å². The fourth-order valence-corrected chi connectivity index (χ4v) is 2.13. The van der Waals surface area contributed by atoms with Crippen LogP contribution in [0, 0.1) is 20.8 Å². The number of ether oxygens (including phenoxy) is 1. The Kier molecular flexibility index (Phi) is 4.48. The van der Waals surface area contributed by atoms with Crippen LogP contribution in [0.4, 0.5) is 11.4 Å². The lowest BCUT2D eigenvalue weighted by Gasteiger charge is -2.13. The van der Waals surface area contributed by atoms with E-state index in [1.54, 1.807) is 0 Å². The Bertz CT molecular complexity index is 625. The molecule has 0 heterocycles. The third-order valence-corrected chi connectivity index (χ3v) is 3.17. The monoisotopic (exact) mass is 284 g/mol. The average Bonchev–Trinajstić information content (AvgIpc) is 2.42. The molecule has 0 aliphatic carbocycles. The van der Waals surface area contributed by atoms with Crippen LogP contribution < -0.4 is 15.8 Å². The molecule has 0 aromatic heterocycles. The van der Waals surface area contributed by atoms with Crippen molar-refractivity contribution in [1.29, 1.82) is 0 Å². The summed E-state index contributed by atoms with van der Waals surface area (Å²) in [4.78, 5) is 12.0. The molecular weight excluding hydrogens is 264 g/mol. The second-order valence-electron chi connectivity index (χ2n) is 5.20. The molecule has 21 heavy (non-hydrogen) atoms. The Morgan fingerprint density at radius 2 is 1.76 bits per heavy atom. The predicted octanol–water partition coefficient (Wildman–Crippen LogP) is 3.21. The van der Waals surface area contributed by atoms with Crippen LogP contribution in [0.5, 0.6) is 5.75 Å². The standard InChI is InChI=1S/C17H20N2O2/c1-11-4-6-14(7-5-11)21-10-16(20)19-17-13(3)8-12(2)9-15(17)18/h4-9H,10,18H2,1-3H3,(H,19,20). The Hall–Kier alpha value is -2.49. The molecular formula is C17H20N2O2. The van der Waals surface area contributed by atoms with E-state index < -0.39 is 0 Å². The van der Waals surface area contributed by atoms with Gasteiger partial charge < -0.3 is 15.8 Å². The lowest BCUT2D eigenvalue weighted by atomic mass is 10.1. The summed E-state index contributed by atoms with van der Waals surface area (Å²) < 4.78 is 5.45. The van der Waals surface area contributed by atoms with Gasteiger partial charge in [-0.25, -0.2) is 0 Å². The number of carbonyl (C=O) groups excluding carboxylic acids is 1. The summed E-state index contributed by atoms with van der Waals surface area (Å²) in [7, 11) is 0. The molecule has 0 saturated heterocycles. The van der Waals surface area contributed by atoms with Gasteiger partial charge in [-0.15, -0.1) is 0 Å². The lowest BCUT2D eigenvalue weighted by Crippen LogP contribution is -2.21. The summed E-state index contributed by atoms with van der Waals surface area (Å²) in [6, 6.07) is 11.4. The first-order valence-corrected chi connectivity index (χ1v) is 6.82. The number of hydrogen-bond acceptors (Lipinski definition) is 3. The number of benzene rings is 2. The zero-order valence-corrected chi connectivity index (χ0v) is 12.6. The quantitative estimate of drug-likeness (QED) is 0.847. The number of anilines is 2. The van der Waals surface area contributed by atoms with Crippen LogP contribution in [0.1, 0.15) is 16.7 Å². The molecule has 0 aliphatic rings. The highest BCUT2D eigenvalue weighted by Gasteiger charge is 2.09. The van der Waals surface area contributed by atoms with E-state index in [2.05, 4.69) is 5.32 Å². The van der Waals surface area contributed by atoms with Crippen LogP contribution in [0.3, 0.4) is 0 Å². The van der Waals surface area contributed by atoms with Gasteiger partial charge in [-0.1, -0.05) is 23.8 Å². The van der Waals surface area contributed by atoms with E-state index >= 15 is 0 Å². The fraction of sp³-hybridized carbons (Fsp3) is 0.235. The first-order chi connectivity index (χ1) is 9.95. The number of nitrogen functional groups attached to an aromatic ring is 1. The summed E-state index contributed by atoms with van der Waals surface area (Å²) >= 11 is 0. The Balaban J connectivity index is 1.97. The average molecular weight is 284 g/mol. The smallest absolute Gasteiger partial charge is 0.262 e. The van der Waals surface area contributed by atoms with Gasteiger partial charge in [-0.05, 0) is 50.1 Å². The molecule has 0 fully saturated rings. The first-order valence-electron chi connectivity index (χ1n) is 6.82. The van der Waals surface area contributed by atoms with Crippen molar-refractivity contribution in [2.75, 3.05) is 17.7 Å². The van der Waals surface area contributed by atoms with Crippen LogP contribution in [0.2, 0.25) is 0 Å². The minimum Gasteiger partial charge on any atom is -0.484 e. The molecule has 0 aliphatic heterocycles. The molecule has 1 amide bonds. The van der Waals surface area contributed by atoms with Gasteiger partial charge >= 0.3 is 0 Å². The molecule has 0 bridgehead atoms.